The highest BCUT2D eigenvalue weighted by Crippen LogP contribution is 2.41. The van der Waals surface area contributed by atoms with E-state index < -0.39 is 0 Å². The minimum absolute atomic E-state index is 0.154. The summed E-state index contributed by atoms with van der Waals surface area (Å²) in [7, 11) is 1.67. The van der Waals surface area contributed by atoms with Crippen molar-refractivity contribution in [1.29, 1.82) is 0 Å². The summed E-state index contributed by atoms with van der Waals surface area (Å²) in [4.78, 5) is 17.0. The topological polar surface area (TPSA) is 72.5 Å². The van der Waals surface area contributed by atoms with E-state index >= 15 is 0 Å². The number of ether oxygens (including phenoxy) is 4. The third kappa shape index (κ3) is 5.49. The molecule has 0 radical (unpaired) electrons. The van der Waals surface area contributed by atoms with Crippen LogP contribution in [0.1, 0.15) is 20.8 Å². The van der Waals surface area contributed by atoms with Crippen molar-refractivity contribution >= 4 is 17.4 Å². The van der Waals surface area contributed by atoms with Gasteiger partial charge in [0.1, 0.15) is 5.75 Å². The van der Waals surface area contributed by atoms with Crippen LogP contribution >= 0.6 is 0 Å². The lowest BCUT2D eigenvalue weighted by Crippen LogP contribution is -2.50. The number of carbonyl (C=O) groups excluding carboxylic acids is 1. The van der Waals surface area contributed by atoms with Crippen LogP contribution in [0.4, 0.5) is 16.2 Å². The molecular formula is C24H33N3O5. The molecule has 3 rings (SSSR count). The van der Waals surface area contributed by atoms with Gasteiger partial charge in [-0.15, -0.1) is 0 Å². The summed E-state index contributed by atoms with van der Waals surface area (Å²) in [5, 5.41) is 2.98. The van der Waals surface area contributed by atoms with Crippen LogP contribution in [0.2, 0.25) is 0 Å². The average Bonchev–Trinajstić information content (AvgIpc) is 2.81. The Bertz CT molecular complexity index is 870. The van der Waals surface area contributed by atoms with Crippen molar-refractivity contribution in [1.82, 2.24) is 4.90 Å². The van der Waals surface area contributed by atoms with E-state index in [9.17, 15) is 4.79 Å². The fourth-order valence-electron chi connectivity index (χ4n) is 3.70. The van der Waals surface area contributed by atoms with Crippen molar-refractivity contribution in [2.75, 3.05) is 63.3 Å². The molecule has 2 amide bonds. The van der Waals surface area contributed by atoms with Crippen LogP contribution in [0.5, 0.6) is 23.0 Å². The van der Waals surface area contributed by atoms with E-state index in [1.54, 1.807) is 19.2 Å². The van der Waals surface area contributed by atoms with Crippen LogP contribution in [0.15, 0.2) is 36.4 Å². The van der Waals surface area contributed by atoms with Gasteiger partial charge in [-0.2, -0.15) is 0 Å². The lowest BCUT2D eigenvalue weighted by Gasteiger charge is -2.36. The number of nitrogens with one attached hydrogen (secondary N) is 1. The number of nitrogens with zero attached hydrogens (tertiary/aromatic N) is 2. The SMILES string of the molecule is CCOc1cc(NC(=O)N2CCN(c3ccccc3OC)CC2)cc(OCC)c1OCC. The van der Waals surface area contributed by atoms with Gasteiger partial charge in [0.05, 0.1) is 38.3 Å². The molecule has 0 atom stereocenters. The molecule has 1 aliphatic heterocycles. The third-order valence-electron chi connectivity index (χ3n) is 5.15. The van der Waals surface area contributed by atoms with Crippen LogP contribution in [0.25, 0.3) is 0 Å². The normalized spacial score (nSPS) is 13.5. The fourth-order valence-corrected chi connectivity index (χ4v) is 3.70. The van der Waals surface area contributed by atoms with Gasteiger partial charge < -0.3 is 34.1 Å². The molecule has 0 aliphatic carbocycles. The van der Waals surface area contributed by atoms with Crippen molar-refractivity contribution in [3.05, 3.63) is 36.4 Å². The molecule has 32 heavy (non-hydrogen) atoms. The minimum Gasteiger partial charge on any atom is -0.495 e. The highest BCUT2D eigenvalue weighted by Gasteiger charge is 2.24. The Kier molecular flexibility index (Phi) is 8.30. The summed E-state index contributed by atoms with van der Waals surface area (Å²) >= 11 is 0. The van der Waals surface area contributed by atoms with Gasteiger partial charge in [-0.25, -0.2) is 4.79 Å². The Morgan fingerprint density at radius 2 is 1.47 bits per heavy atom. The molecule has 0 unspecified atom stereocenters. The van der Waals surface area contributed by atoms with E-state index in [1.165, 1.54) is 0 Å². The Labute approximate surface area is 190 Å². The van der Waals surface area contributed by atoms with Gasteiger partial charge in [-0.1, -0.05) is 12.1 Å². The van der Waals surface area contributed by atoms with Crippen LogP contribution < -0.4 is 29.2 Å². The van der Waals surface area contributed by atoms with E-state index in [0.29, 0.717) is 55.8 Å². The predicted octanol–water partition coefficient (Wildman–Crippen LogP) is 4.25. The first-order valence-corrected chi connectivity index (χ1v) is 11.1. The quantitative estimate of drug-likeness (QED) is 0.625. The molecule has 1 N–H and O–H groups in total. The number of para-hydroxylation sites is 2. The first-order valence-electron chi connectivity index (χ1n) is 11.1. The maximum absolute atomic E-state index is 12.9. The van der Waals surface area contributed by atoms with E-state index in [1.807, 2.05) is 49.9 Å². The number of methoxy groups -OCH3 is 1. The molecule has 2 aromatic rings. The Hall–Kier alpha value is -3.29. The summed E-state index contributed by atoms with van der Waals surface area (Å²) in [5.74, 6) is 2.50. The van der Waals surface area contributed by atoms with Gasteiger partial charge in [0, 0.05) is 38.3 Å². The van der Waals surface area contributed by atoms with Crippen LogP contribution in [0.3, 0.4) is 0 Å². The standard InChI is InChI=1S/C24H33N3O5/c1-5-30-21-16-18(17-22(31-6-2)23(21)32-7-3)25-24(28)27-14-12-26(13-15-27)19-10-8-9-11-20(19)29-4/h8-11,16-17H,5-7,12-15H2,1-4H3,(H,25,28). The van der Waals surface area contributed by atoms with Gasteiger partial charge in [-0.05, 0) is 32.9 Å². The maximum Gasteiger partial charge on any atom is 0.321 e. The highest BCUT2D eigenvalue weighted by atomic mass is 16.5. The van der Waals surface area contributed by atoms with E-state index in [2.05, 4.69) is 10.2 Å². The molecule has 0 saturated carbocycles. The lowest BCUT2D eigenvalue weighted by molar-refractivity contribution is 0.208. The molecule has 174 valence electrons. The highest BCUT2D eigenvalue weighted by molar-refractivity contribution is 5.90. The second kappa shape index (κ2) is 11.4. The molecule has 2 aromatic carbocycles. The molecule has 1 heterocycles. The number of anilines is 2. The van der Waals surface area contributed by atoms with Gasteiger partial charge in [0.15, 0.2) is 11.5 Å². The lowest BCUT2D eigenvalue weighted by atomic mass is 10.2. The zero-order valence-electron chi connectivity index (χ0n) is 19.3. The summed E-state index contributed by atoms with van der Waals surface area (Å²) in [6.45, 7) is 9.84. The number of amides is 2. The number of hydrogen-bond donors (Lipinski definition) is 1. The van der Waals surface area contributed by atoms with Crippen molar-refractivity contribution in [3.8, 4) is 23.0 Å². The molecule has 1 saturated heterocycles. The Balaban J connectivity index is 1.69. The summed E-state index contributed by atoms with van der Waals surface area (Å²) in [6.07, 6.45) is 0. The number of benzene rings is 2. The largest absolute Gasteiger partial charge is 0.495 e. The van der Waals surface area contributed by atoms with Crippen LogP contribution in [-0.4, -0.2) is 64.0 Å². The third-order valence-corrected chi connectivity index (χ3v) is 5.15. The van der Waals surface area contributed by atoms with E-state index in [-0.39, 0.29) is 6.03 Å². The van der Waals surface area contributed by atoms with Crippen molar-refractivity contribution in [2.24, 2.45) is 0 Å². The number of rotatable bonds is 9. The maximum atomic E-state index is 12.9. The van der Waals surface area contributed by atoms with Gasteiger partial charge in [-0.3, -0.25) is 0 Å². The number of piperazine rings is 1. The molecule has 1 aliphatic rings. The van der Waals surface area contributed by atoms with E-state index in [0.717, 1.165) is 24.5 Å². The first-order chi connectivity index (χ1) is 15.6. The number of urea groups is 1. The first kappa shape index (κ1) is 23.4. The zero-order valence-corrected chi connectivity index (χ0v) is 19.3. The molecule has 0 bridgehead atoms. The van der Waals surface area contributed by atoms with Gasteiger partial charge >= 0.3 is 6.03 Å². The predicted molar refractivity (Wildman–Crippen MR) is 126 cm³/mol. The fraction of sp³-hybridized carbons (Fsp3) is 0.458. The summed E-state index contributed by atoms with van der Waals surface area (Å²) < 4.78 is 22.7. The van der Waals surface area contributed by atoms with Crippen molar-refractivity contribution < 1.29 is 23.7 Å². The summed E-state index contributed by atoms with van der Waals surface area (Å²) in [6, 6.07) is 11.3. The minimum atomic E-state index is -0.154. The van der Waals surface area contributed by atoms with Crippen molar-refractivity contribution in [2.45, 2.75) is 20.8 Å². The molecular weight excluding hydrogens is 410 g/mol. The number of hydrogen-bond acceptors (Lipinski definition) is 6. The smallest absolute Gasteiger partial charge is 0.321 e. The molecule has 0 aromatic heterocycles. The Morgan fingerprint density at radius 1 is 0.875 bits per heavy atom. The molecule has 0 spiro atoms. The second-order valence-electron chi connectivity index (χ2n) is 7.18. The van der Waals surface area contributed by atoms with Crippen LogP contribution in [-0.2, 0) is 0 Å². The monoisotopic (exact) mass is 443 g/mol. The summed E-state index contributed by atoms with van der Waals surface area (Å²) in [5.41, 5.74) is 1.65. The zero-order chi connectivity index (χ0) is 22.9. The number of carbonyl (C=O) groups is 1. The van der Waals surface area contributed by atoms with Crippen molar-refractivity contribution in [3.63, 3.8) is 0 Å². The molecule has 8 heteroatoms. The molecule has 1 fully saturated rings. The second-order valence-corrected chi connectivity index (χ2v) is 7.18. The molecule has 8 nitrogen and oxygen atoms in total. The van der Waals surface area contributed by atoms with E-state index in [4.69, 9.17) is 18.9 Å². The average molecular weight is 444 g/mol. The van der Waals surface area contributed by atoms with Crippen LogP contribution in [0, 0.1) is 0 Å². The van der Waals surface area contributed by atoms with Gasteiger partial charge in [0.25, 0.3) is 0 Å². The van der Waals surface area contributed by atoms with Gasteiger partial charge in [0.2, 0.25) is 5.75 Å². The Morgan fingerprint density at radius 3 is 2.03 bits per heavy atom.